The summed E-state index contributed by atoms with van der Waals surface area (Å²) in [5.74, 6) is 0.457. The molecule has 1 N–H and O–H groups in total. The van der Waals surface area contributed by atoms with Gasteiger partial charge in [-0.15, -0.1) is 0 Å². The maximum Gasteiger partial charge on any atom is 0.387 e. The highest BCUT2D eigenvalue weighted by Crippen LogP contribution is 2.41. The molecule has 2 aromatic rings. The molecule has 2 aliphatic rings. The monoisotopic (exact) mass is 446 g/mol. The van der Waals surface area contributed by atoms with Gasteiger partial charge in [0.25, 0.3) is 6.47 Å². The van der Waals surface area contributed by atoms with E-state index < -0.39 is 6.61 Å². The Morgan fingerprint density at radius 1 is 1.06 bits per heavy atom. The van der Waals surface area contributed by atoms with Crippen molar-refractivity contribution in [2.75, 3.05) is 26.2 Å². The number of alkyl halides is 2. The third-order valence-electron chi connectivity index (χ3n) is 6.13. The molecule has 6 nitrogen and oxygen atoms in total. The third-order valence-corrected chi connectivity index (χ3v) is 6.13. The summed E-state index contributed by atoms with van der Waals surface area (Å²) in [4.78, 5) is 25.7. The van der Waals surface area contributed by atoms with E-state index in [1.807, 2.05) is 35.2 Å². The van der Waals surface area contributed by atoms with Crippen molar-refractivity contribution in [1.82, 2.24) is 9.80 Å². The Hall–Kier alpha value is -3.00. The molecule has 0 bridgehead atoms. The van der Waals surface area contributed by atoms with Crippen molar-refractivity contribution >= 4 is 12.4 Å². The molecular formula is C24H28F2N2O4. The van der Waals surface area contributed by atoms with Crippen molar-refractivity contribution in [3.8, 4) is 5.75 Å². The normalized spacial score (nSPS) is 20.5. The van der Waals surface area contributed by atoms with Gasteiger partial charge in [-0.2, -0.15) is 8.78 Å². The quantitative estimate of drug-likeness (QED) is 0.658. The molecule has 2 aliphatic heterocycles. The van der Waals surface area contributed by atoms with E-state index in [1.54, 1.807) is 12.1 Å². The number of nitrogens with zero attached hydrogens (tertiary/aromatic N) is 2. The maximum atomic E-state index is 13.1. The molecule has 0 radical (unpaired) electrons. The molecule has 1 atom stereocenters. The summed E-state index contributed by atoms with van der Waals surface area (Å²) in [7, 11) is 0. The number of carbonyl (C=O) groups is 2. The van der Waals surface area contributed by atoms with E-state index in [0.29, 0.717) is 13.1 Å². The van der Waals surface area contributed by atoms with Gasteiger partial charge in [-0.25, -0.2) is 0 Å². The summed E-state index contributed by atoms with van der Waals surface area (Å²) in [6.45, 7) is 0.441. The van der Waals surface area contributed by atoms with Crippen LogP contribution in [-0.2, 0) is 22.6 Å². The lowest BCUT2D eigenvalue weighted by atomic mass is 9.85. The zero-order chi connectivity index (χ0) is 23.0. The number of hydrogen-bond donors (Lipinski definition) is 1. The smallest absolute Gasteiger partial charge is 0.387 e. The fraction of sp³-hybridized carbons (Fsp3) is 0.417. The number of carboxylic acid groups (broad SMARTS) is 1. The Kier molecular flexibility index (Phi) is 8.16. The van der Waals surface area contributed by atoms with Gasteiger partial charge in [-0.3, -0.25) is 14.5 Å². The summed E-state index contributed by atoms with van der Waals surface area (Å²) in [5, 5.41) is 6.89. The van der Waals surface area contributed by atoms with Gasteiger partial charge in [0, 0.05) is 31.7 Å². The van der Waals surface area contributed by atoms with Gasteiger partial charge in [-0.1, -0.05) is 48.5 Å². The molecule has 32 heavy (non-hydrogen) atoms. The molecule has 1 unspecified atom stereocenters. The van der Waals surface area contributed by atoms with E-state index in [-0.39, 0.29) is 23.5 Å². The van der Waals surface area contributed by atoms with Crippen LogP contribution in [0, 0.1) is 5.41 Å². The molecule has 2 saturated heterocycles. The minimum atomic E-state index is -2.84. The first kappa shape index (κ1) is 23.7. The van der Waals surface area contributed by atoms with Gasteiger partial charge < -0.3 is 14.7 Å². The highest BCUT2D eigenvalue weighted by Gasteiger charge is 2.50. The van der Waals surface area contributed by atoms with Crippen LogP contribution in [0.3, 0.4) is 0 Å². The fourth-order valence-corrected chi connectivity index (χ4v) is 4.57. The highest BCUT2D eigenvalue weighted by molar-refractivity contribution is 5.85. The lowest BCUT2D eigenvalue weighted by molar-refractivity contribution is -0.135. The van der Waals surface area contributed by atoms with Gasteiger partial charge in [0.2, 0.25) is 5.91 Å². The molecule has 2 heterocycles. The molecule has 0 aromatic heterocycles. The average Bonchev–Trinajstić information content (AvgIpc) is 3.33. The lowest BCUT2D eigenvalue weighted by Crippen LogP contribution is -2.37. The summed E-state index contributed by atoms with van der Waals surface area (Å²) in [5.41, 5.74) is 1.65. The lowest BCUT2D eigenvalue weighted by Gasteiger charge is -2.24. The van der Waals surface area contributed by atoms with Crippen LogP contribution in [0.15, 0.2) is 54.6 Å². The van der Waals surface area contributed by atoms with Crippen molar-refractivity contribution < 1.29 is 28.2 Å². The zero-order valence-corrected chi connectivity index (χ0v) is 17.8. The van der Waals surface area contributed by atoms with Crippen LogP contribution in [-0.4, -0.2) is 60.1 Å². The number of carbonyl (C=O) groups excluding carboxylic acids is 1. The first-order chi connectivity index (χ1) is 15.5. The SMILES string of the molecule is O=C1N(CCc2ccccc2)CCC12CCN(Cc1ccccc1OC(F)F)C2.O=CO. The van der Waals surface area contributed by atoms with Crippen molar-refractivity contribution in [3.63, 3.8) is 0 Å². The molecule has 2 fully saturated rings. The van der Waals surface area contributed by atoms with Gasteiger partial charge in [0.1, 0.15) is 5.75 Å². The highest BCUT2D eigenvalue weighted by atomic mass is 19.3. The summed E-state index contributed by atoms with van der Waals surface area (Å²) >= 11 is 0. The Morgan fingerprint density at radius 3 is 2.44 bits per heavy atom. The number of para-hydroxylation sites is 1. The van der Waals surface area contributed by atoms with Crippen LogP contribution in [0.25, 0.3) is 0 Å². The van der Waals surface area contributed by atoms with E-state index >= 15 is 0 Å². The first-order valence-corrected chi connectivity index (χ1v) is 10.6. The average molecular weight is 446 g/mol. The predicted molar refractivity (Wildman–Crippen MR) is 115 cm³/mol. The first-order valence-electron chi connectivity index (χ1n) is 10.6. The second-order valence-electron chi connectivity index (χ2n) is 8.11. The maximum absolute atomic E-state index is 13.1. The van der Waals surface area contributed by atoms with E-state index in [9.17, 15) is 13.6 Å². The van der Waals surface area contributed by atoms with Crippen LogP contribution < -0.4 is 4.74 Å². The number of amides is 1. The molecule has 1 spiro atoms. The molecule has 8 heteroatoms. The molecule has 0 saturated carbocycles. The third kappa shape index (κ3) is 5.82. The standard InChI is InChI=1S/C23H26F2N2O2.CH2O2/c24-22(25)29-20-9-5-4-8-19(20)16-26-14-11-23(17-26)12-15-27(21(23)28)13-10-18-6-2-1-3-7-18;2-1-3/h1-9,22H,10-17H2;1H,(H,2,3). The number of ether oxygens (including phenoxy) is 1. The van der Waals surface area contributed by atoms with Crippen molar-refractivity contribution in [2.45, 2.75) is 32.4 Å². The number of hydrogen-bond acceptors (Lipinski definition) is 4. The van der Waals surface area contributed by atoms with E-state index in [2.05, 4.69) is 21.8 Å². The van der Waals surface area contributed by atoms with Crippen LogP contribution in [0.5, 0.6) is 5.75 Å². The van der Waals surface area contributed by atoms with Crippen molar-refractivity contribution in [1.29, 1.82) is 0 Å². The second-order valence-corrected chi connectivity index (χ2v) is 8.11. The van der Waals surface area contributed by atoms with E-state index in [1.165, 1.54) is 5.56 Å². The van der Waals surface area contributed by atoms with Crippen LogP contribution in [0.1, 0.15) is 24.0 Å². The Balaban J connectivity index is 0.000000913. The summed E-state index contributed by atoms with van der Waals surface area (Å²) in [6, 6.07) is 17.1. The van der Waals surface area contributed by atoms with Gasteiger partial charge in [0.15, 0.2) is 0 Å². The Labute approximate surface area is 186 Å². The minimum Gasteiger partial charge on any atom is -0.483 e. The largest absolute Gasteiger partial charge is 0.483 e. The Bertz CT molecular complexity index is 897. The van der Waals surface area contributed by atoms with Crippen LogP contribution in [0.4, 0.5) is 8.78 Å². The molecule has 4 rings (SSSR count). The van der Waals surface area contributed by atoms with E-state index in [0.717, 1.165) is 44.5 Å². The minimum absolute atomic E-state index is 0.214. The molecule has 1 amide bonds. The number of likely N-dealkylation sites (tertiary alicyclic amines) is 2. The topological polar surface area (TPSA) is 70.1 Å². The molecule has 2 aromatic carbocycles. The fourth-order valence-electron chi connectivity index (χ4n) is 4.57. The summed E-state index contributed by atoms with van der Waals surface area (Å²) in [6.07, 6.45) is 2.56. The van der Waals surface area contributed by atoms with Crippen molar-refractivity contribution in [2.24, 2.45) is 5.41 Å². The van der Waals surface area contributed by atoms with Gasteiger partial charge in [0.05, 0.1) is 5.41 Å². The predicted octanol–water partition coefficient (Wildman–Crippen LogP) is 3.66. The van der Waals surface area contributed by atoms with Gasteiger partial charge >= 0.3 is 6.61 Å². The number of halogens is 2. The molecule has 0 aliphatic carbocycles. The van der Waals surface area contributed by atoms with E-state index in [4.69, 9.17) is 9.90 Å². The second kappa shape index (κ2) is 11.0. The zero-order valence-electron chi connectivity index (χ0n) is 17.8. The molecular weight excluding hydrogens is 418 g/mol. The molecule has 172 valence electrons. The van der Waals surface area contributed by atoms with Crippen LogP contribution in [0.2, 0.25) is 0 Å². The number of benzene rings is 2. The van der Waals surface area contributed by atoms with Crippen LogP contribution >= 0.6 is 0 Å². The summed E-state index contributed by atoms with van der Waals surface area (Å²) < 4.78 is 30.0. The number of rotatable bonds is 7. The Morgan fingerprint density at radius 2 is 1.72 bits per heavy atom. The van der Waals surface area contributed by atoms with Crippen molar-refractivity contribution in [3.05, 3.63) is 65.7 Å². The van der Waals surface area contributed by atoms with Gasteiger partial charge in [-0.05, 0) is 37.4 Å².